The Balaban J connectivity index is 1.95. The van der Waals surface area contributed by atoms with Crippen molar-refractivity contribution in [2.75, 3.05) is 0 Å². The summed E-state index contributed by atoms with van der Waals surface area (Å²) in [7, 11) is 0. The topological polar surface area (TPSA) is 78.8 Å². The van der Waals surface area contributed by atoms with E-state index in [9.17, 15) is 0 Å². The Hall–Kier alpha value is -2.47. The van der Waals surface area contributed by atoms with Crippen molar-refractivity contribution in [1.29, 1.82) is 0 Å². The Labute approximate surface area is 122 Å². The number of pyridine rings is 1. The highest BCUT2D eigenvalue weighted by Gasteiger charge is 2.15. The van der Waals surface area contributed by atoms with E-state index in [1.54, 1.807) is 6.20 Å². The molecule has 6 heteroatoms. The molecule has 2 aromatic heterocycles. The zero-order chi connectivity index (χ0) is 14.8. The van der Waals surface area contributed by atoms with E-state index < -0.39 is 0 Å². The molecule has 108 valence electrons. The zero-order valence-corrected chi connectivity index (χ0v) is 12.0. The van der Waals surface area contributed by atoms with E-state index in [1.165, 1.54) is 0 Å². The molecule has 1 aromatic carbocycles. The monoisotopic (exact) mass is 283 g/mol. The predicted octanol–water partition coefficient (Wildman–Crippen LogP) is 2.66. The van der Waals surface area contributed by atoms with Crippen LogP contribution in [0, 0.1) is 0 Å². The maximum Gasteiger partial charge on any atom is 0.322 e. The van der Waals surface area contributed by atoms with Crippen LogP contribution >= 0.6 is 0 Å². The molecule has 0 saturated heterocycles. The molecule has 6 nitrogen and oxygen atoms in total. The van der Waals surface area contributed by atoms with E-state index >= 15 is 0 Å². The van der Waals surface area contributed by atoms with Gasteiger partial charge in [-0.2, -0.15) is 0 Å². The molecule has 0 aliphatic heterocycles. The lowest BCUT2D eigenvalue weighted by molar-refractivity contribution is 0.409. The zero-order valence-electron chi connectivity index (χ0n) is 12.0. The first-order valence-corrected chi connectivity index (χ1v) is 6.90. The van der Waals surface area contributed by atoms with Crippen molar-refractivity contribution in [1.82, 2.24) is 19.7 Å². The van der Waals surface area contributed by atoms with Gasteiger partial charge in [-0.05, 0) is 38.1 Å². The molecule has 0 fully saturated rings. The summed E-state index contributed by atoms with van der Waals surface area (Å²) in [5.74, 6) is 1.42. The third kappa shape index (κ3) is 2.57. The fourth-order valence-electron chi connectivity index (χ4n) is 2.23. The summed E-state index contributed by atoms with van der Waals surface area (Å²) >= 11 is 0. The van der Waals surface area contributed by atoms with Gasteiger partial charge in [-0.3, -0.25) is 9.55 Å². The Morgan fingerprint density at radius 3 is 2.90 bits per heavy atom. The lowest BCUT2D eigenvalue weighted by atomic mass is 10.2. The van der Waals surface area contributed by atoms with Crippen molar-refractivity contribution in [3.8, 4) is 11.8 Å². The Bertz CT molecular complexity index is 766. The second kappa shape index (κ2) is 5.49. The number of nitrogens with zero attached hydrogens (tertiary/aromatic N) is 4. The molecule has 21 heavy (non-hydrogen) atoms. The number of benzene rings is 1. The predicted molar refractivity (Wildman–Crippen MR) is 80.1 cm³/mol. The summed E-state index contributed by atoms with van der Waals surface area (Å²) < 4.78 is 7.72. The third-order valence-electron chi connectivity index (χ3n) is 3.25. The molecule has 0 aliphatic rings. The van der Waals surface area contributed by atoms with Gasteiger partial charge in [0.25, 0.3) is 0 Å². The van der Waals surface area contributed by atoms with E-state index in [0.717, 1.165) is 16.7 Å². The van der Waals surface area contributed by atoms with Gasteiger partial charge < -0.3 is 10.5 Å². The van der Waals surface area contributed by atoms with E-state index in [4.69, 9.17) is 10.5 Å². The summed E-state index contributed by atoms with van der Waals surface area (Å²) in [6.45, 7) is 4.59. The van der Waals surface area contributed by atoms with Crippen LogP contribution in [0.4, 0.5) is 0 Å². The number of ether oxygens (including phenoxy) is 1. The number of hydrogen-bond acceptors (Lipinski definition) is 5. The highest BCUT2D eigenvalue weighted by Crippen LogP contribution is 2.25. The molecular formula is C15H17N5O. The summed E-state index contributed by atoms with van der Waals surface area (Å²) in [5.41, 5.74) is 6.81. The molecule has 0 amide bonds. The first-order valence-electron chi connectivity index (χ1n) is 6.90. The summed E-state index contributed by atoms with van der Waals surface area (Å²) in [4.78, 5) is 4.29. The van der Waals surface area contributed by atoms with Gasteiger partial charge in [0.1, 0.15) is 5.75 Å². The third-order valence-corrected chi connectivity index (χ3v) is 3.25. The van der Waals surface area contributed by atoms with E-state index in [-0.39, 0.29) is 6.04 Å². The van der Waals surface area contributed by atoms with Crippen LogP contribution < -0.4 is 10.5 Å². The van der Waals surface area contributed by atoms with Crippen molar-refractivity contribution in [3.05, 3.63) is 42.4 Å². The van der Waals surface area contributed by atoms with E-state index in [1.807, 2.05) is 48.7 Å². The molecule has 3 rings (SSSR count). The first kappa shape index (κ1) is 13.5. The van der Waals surface area contributed by atoms with Gasteiger partial charge in [-0.25, -0.2) is 0 Å². The van der Waals surface area contributed by atoms with Crippen molar-refractivity contribution in [3.63, 3.8) is 0 Å². The second-order valence-corrected chi connectivity index (χ2v) is 4.83. The fraction of sp³-hybridized carbons (Fsp3) is 0.267. The molecule has 0 aliphatic carbocycles. The largest absolute Gasteiger partial charge is 0.424 e. The van der Waals surface area contributed by atoms with Gasteiger partial charge in [0.05, 0.1) is 11.6 Å². The van der Waals surface area contributed by atoms with Gasteiger partial charge >= 0.3 is 6.01 Å². The highest BCUT2D eigenvalue weighted by atomic mass is 16.5. The molecule has 3 aromatic rings. The average molecular weight is 283 g/mol. The first-order chi connectivity index (χ1) is 10.2. The maximum atomic E-state index is 5.88. The van der Waals surface area contributed by atoms with Gasteiger partial charge in [0.15, 0.2) is 5.82 Å². The molecule has 0 unspecified atom stereocenters. The van der Waals surface area contributed by atoms with Crippen LogP contribution in [0.15, 0.2) is 36.5 Å². The van der Waals surface area contributed by atoms with Crippen LogP contribution in [-0.4, -0.2) is 19.7 Å². The summed E-state index contributed by atoms with van der Waals surface area (Å²) in [6, 6.07) is 9.88. The number of hydrogen-bond donors (Lipinski definition) is 1. The average Bonchev–Trinajstić information content (AvgIpc) is 2.90. The Morgan fingerprint density at radius 1 is 1.29 bits per heavy atom. The minimum absolute atomic E-state index is 0.185. The van der Waals surface area contributed by atoms with Crippen LogP contribution in [0.2, 0.25) is 0 Å². The summed E-state index contributed by atoms with van der Waals surface area (Å²) in [6.07, 6.45) is 1.77. The SMILES string of the molecule is CCn1c(Oc2ccc3ncccc3c2)nnc1[C@@H](C)N. The quantitative estimate of drug-likeness (QED) is 0.796. The Morgan fingerprint density at radius 2 is 2.14 bits per heavy atom. The second-order valence-electron chi connectivity index (χ2n) is 4.83. The van der Waals surface area contributed by atoms with Gasteiger partial charge in [0, 0.05) is 18.1 Å². The number of aromatic nitrogens is 4. The van der Waals surface area contributed by atoms with Crippen molar-refractivity contribution in [2.24, 2.45) is 5.73 Å². The number of rotatable bonds is 4. The molecular weight excluding hydrogens is 266 g/mol. The molecule has 0 bridgehead atoms. The van der Waals surface area contributed by atoms with Crippen LogP contribution in [0.5, 0.6) is 11.8 Å². The lowest BCUT2D eigenvalue weighted by Gasteiger charge is -2.10. The van der Waals surface area contributed by atoms with Gasteiger partial charge in [-0.15, -0.1) is 5.10 Å². The summed E-state index contributed by atoms with van der Waals surface area (Å²) in [5, 5.41) is 9.19. The van der Waals surface area contributed by atoms with E-state index in [2.05, 4.69) is 15.2 Å². The van der Waals surface area contributed by atoms with Crippen LogP contribution in [0.25, 0.3) is 10.9 Å². The van der Waals surface area contributed by atoms with Crippen LogP contribution in [0.1, 0.15) is 25.7 Å². The molecule has 0 radical (unpaired) electrons. The van der Waals surface area contributed by atoms with Crippen molar-refractivity contribution in [2.45, 2.75) is 26.4 Å². The highest BCUT2D eigenvalue weighted by molar-refractivity contribution is 5.79. The van der Waals surface area contributed by atoms with Gasteiger partial charge in [0.2, 0.25) is 0 Å². The molecule has 2 N–H and O–H groups in total. The fourth-order valence-corrected chi connectivity index (χ4v) is 2.23. The Kier molecular flexibility index (Phi) is 3.53. The van der Waals surface area contributed by atoms with Crippen LogP contribution in [-0.2, 0) is 6.54 Å². The van der Waals surface area contributed by atoms with Crippen LogP contribution in [0.3, 0.4) is 0 Å². The minimum atomic E-state index is -0.185. The lowest BCUT2D eigenvalue weighted by Crippen LogP contribution is -2.13. The van der Waals surface area contributed by atoms with Gasteiger partial charge in [-0.1, -0.05) is 11.2 Å². The van der Waals surface area contributed by atoms with E-state index in [0.29, 0.717) is 18.3 Å². The number of fused-ring (bicyclic) bond motifs is 1. The minimum Gasteiger partial charge on any atom is -0.424 e. The molecule has 0 saturated carbocycles. The number of nitrogens with two attached hydrogens (primary N) is 1. The van der Waals surface area contributed by atoms with Crippen molar-refractivity contribution >= 4 is 10.9 Å². The standard InChI is InChI=1S/C15H17N5O/c1-3-20-14(10(2)16)18-19-15(20)21-12-6-7-13-11(9-12)5-4-8-17-13/h4-10H,3,16H2,1-2H3/t10-/m1/s1. The maximum absolute atomic E-state index is 5.88. The smallest absolute Gasteiger partial charge is 0.322 e. The molecule has 1 atom stereocenters. The molecule has 0 spiro atoms. The van der Waals surface area contributed by atoms with Crippen molar-refractivity contribution < 1.29 is 4.74 Å². The normalized spacial score (nSPS) is 12.5. The molecule has 2 heterocycles.